The third-order valence-corrected chi connectivity index (χ3v) is 0. The van der Waals surface area contributed by atoms with Gasteiger partial charge in [0, 0.05) is 0 Å². The summed E-state index contributed by atoms with van der Waals surface area (Å²) >= 11 is 0. The van der Waals surface area contributed by atoms with E-state index in [1.165, 1.54) is 0 Å². The molecule has 0 aromatic heterocycles. The quantitative estimate of drug-likeness (QED) is 0.204. The van der Waals surface area contributed by atoms with Crippen molar-refractivity contribution in [2.24, 2.45) is 0 Å². The molecule has 0 fully saturated rings. The summed E-state index contributed by atoms with van der Waals surface area (Å²) < 4.78 is 0. The summed E-state index contributed by atoms with van der Waals surface area (Å²) in [6.07, 6.45) is 0. The first-order chi connectivity index (χ1) is 0. The van der Waals surface area contributed by atoms with Crippen molar-refractivity contribution in [3.63, 3.8) is 0 Å². The van der Waals surface area contributed by atoms with Crippen molar-refractivity contribution in [2.45, 2.75) is 0 Å². The Kier molecular flexibility index (Phi) is 3850. The first-order valence-electron chi connectivity index (χ1n) is 0. The maximum Gasteiger partial charge on any atom is 2.00 e. The summed E-state index contributed by atoms with van der Waals surface area (Å²) in [6.45, 7) is 0. The molecule has 43 heteroatoms. The molecule has 0 atom stereocenters. The number of rotatable bonds is 0. The first-order valence-corrected chi connectivity index (χ1v) is 0. The van der Waals surface area contributed by atoms with Gasteiger partial charge in [0.1, 0.15) is 0 Å². The van der Waals surface area contributed by atoms with Gasteiger partial charge in [0.25, 0.3) is 0 Å². The fourth-order valence-corrected chi connectivity index (χ4v) is 0. The van der Waals surface area contributed by atoms with E-state index in [-0.39, 0.29) is 1100 Å². The monoisotopic (exact) mass is 3130 g/mol. The van der Waals surface area contributed by atoms with Crippen LogP contribution in [0.3, 0.4) is 0 Å². The molecule has 43 heavy (non-hydrogen) atoms. The van der Waals surface area contributed by atoms with Crippen molar-refractivity contribution in [1.29, 1.82) is 0 Å². The van der Waals surface area contributed by atoms with Crippen LogP contribution in [-0.4, -0.2) is 978 Å². The van der Waals surface area contributed by atoms with E-state index in [2.05, 4.69) is 0 Å². The molecular weight excluding hydrogens is 3110 g/mol. The van der Waals surface area contributed by atoms with E-state index in [0.717, 1.165) is 0 Å². The second kappa shape index (κ2) is 398. The first kappa shape index (κ1) is 415. The van der Waals surface area contributed by atoms with Gasteiger partial charge in [0.05, 0.1) is 0 Å². The molecule has 0 aromatic carbocycles. The minimum Gasteiger partial charge on any atom is -2.00 e. The van der Waals surface area contributed by atoms with Crippen molar-refractivity contribution < 1.29 is 126 Å². The minimum absolute atomic E-state index is 0. The van der Waals surface area contributed by atoms with Crippen molar-refractivity contribution in [3.05, 3.63) is 0 Å². The van der Waals surface area contributed by atoms with Crippen LogP contribution in [0.25, 0.3) is 0 Å². The molecule has 0 amide bonds. The third kappa shape index (κ3) is 387. The average molecular weight is 3110 g/mol. The van der Waals surface area contributed by atoms with Crippen LogP contribution < -0.4 is 0 Å². The van der Waals surface area contributed by atoms with Crippen molar-refractivity contribution in [3.8, 4) is 0 Å². The van der Waals surface area contributed by atoms with Crippen LogP contribution in [0, 0.1) is 0 Å². The predicted octanol–water partition coefficient (Wildman–Crippen LogP) is -10.3. The molecule has 0 spiro atoms. The van der Waals surface area contributed by atoms with E-state index in [1.54, 1.807) is 0 Å². The van der Waals surface area contributed by atoms with Gasteiger partial charge in [-0.1, -0.05) is 0 Å². The van der Waals surface area contributed by atoms with Crippen LogP contribution in [0.5, 0.6) is 0 Å². The summed E-state index contributed by atoms with van der Waals surface area (Å²) in [5, 5.41) is 0. The van der Waals surface area contributed by atoms with Gasteiger partial charge in [-0.2, -0.15) is 0 Å². The van der Waals surface area contributed by atoms with E-state index in [1.807, 2.05) is 0 Å². The number of hydrogen-bond acceptors (Lipinski definition) is 0. The topological polar surface area (TPSA) is 656 Å². The Hall–Kier alpha value is 30.5. The summed E-state index contributed by atoms with van der Waals surface area (Å²) in [6, 6.07) is 0. The molecule has 0 rings (SSSR count). The van der Waals surface area contributed by atoms with E-state index in [0.29, 0.717) is 0 Å². The van der Waals surface area contributed by atoms with E-state index in [4.69, 9.17) is 0 Å². The SMILES string of the molecule is [Ba+2].[Ba+2].[Ba+2].[Ba+2].[Ba+2].[Ba+2].[Ba+2].[Ba+2].[Ba+2].[Ba+2].[Ba+2].[Ba+2].[Ba+2].[Ba+2].[Ba+2].[Ba+2].[Ba+2].[Ba+2].[Ba+2].[Ba+2].[O-2].[O-2].[O-2].[O-2].[O-2].[O-2].[O-2].[O-2].[O-2].[O-2].[O-2].[O-2].[O-2].[O-2].[O-2].[O-2].[O-2].[O-2].[O-2].[O-2].[O-2].[O-2].[O-2]. The van der Waals surface area contributed by atoms with Crippen molar-refractivity contribution in [2.75, 3.05) is 0 Å². The molecule has 0 bridgehead atoms. The fraction of sp³-hybridized carbons (Fsp3) is 0. The van der Waals surface area contributed by atoms with Gasteiger partial charge in [0.15, 0.2) is 0 Å². The molecule has 0 N–H and O–H groups in total. The Morgan fingerprint density at radius 2 is 0.0465 bits per heavy atom. The molecule has 0 radical (unpaired) electrons. The molecule has 0 aliphatic heterocycles. The molecule has 23 nitrogen and oxygen atoms in total. The van der Waals surface area contributed by atoms with Gasteiger partial charge in [-0.3, -0.25) is 0 Å². The second-order valence-corrected chi connectivity index (χ2v) is 0. The molecule has 184 valence electrons. The molecule has 0 aliphatic carbocycles. The normalized spacial score (nSPS) is 0. The van der Waals surface area contributed by atoms with Crippen LogP contribution >= 0.6 is 0 Å². The molecule has 0 saturated carbocycles. The number of hydrogen-bond donors (Lipinski definition) is 0. The average Bonchev–Trinajstić information content (AvgIpc) is 0. The Balaban J connectivity index is 0. The summed E-state index contributed by atoms with van der Waals surface area (Å²) in [7, 11) is 0. The van der Waals surface area contributed by atoms with Crippen LogP contribution in [0.15, 0.2) is 0 Å². The Morgan fingerprint density at radius 3 is 0.0465 bits per heavy atom. The maximum atomic E-state index is 0. The smallest absolute Gasteiger partial charge is 2.00 e. The molecular formula is Ba20O23-6. The van der Waals surface area contributed by atoms with Crippen LogP contribution in [-0.2, 0) is 126 Å². The molecule has 0 saturated heterocycles. The molecule has 0 unspecified atom stereocenters. The zero-order chi connectivity index (χ0) is 0. The van der Waals surface area contributed by atoms with Gasteiger partial charge < -0.3 is 126 Å². The predicted molar refractivity (Wildman–Crippen MR) is 131 cm³/mol. The largest absolute Gasteiger partial charge is 2.00 e. The van der Waals surface area contributed by atoms with Crippen LogP contribution in [0.1, 0.15) is 0 Å². The van der Waals surface area contributed by atoms with Gasteiger partial charge in [-0.15, -0.1) is 0 Å². The van der Waals surface area contributed by atoms with Crippen LogP contribution in [0.4, 0.5) is 0 Å². The minimum atomic E-state index is 0. The van der Waals surface area contributed by atoms with E-state index in [9.17, 15) is 0 Å². The zero-order valence-corrected chi connectivity index (χ0v) is 112. The third-order valence-electron chi connectivity index (χ3n) is 0. The van der Waals surface area contributed by atoms with Crippen molar-refractivity contribution in [1.82, 2.24) is 0 Å². The van der Waals surface area contributed by atoms with E-state index >= 15 is 0 Å². The molecule has 0 aromatic rings. The van der Waals surface area contributed by atoms with Gasteiger partial charge in [-0.05, 0) is 0 Å². The van der Waals surface area contributed by atoms with Gasteiger partial charge in [0.2, 0.25) is 0 Å². The maximum absolute atomic E-state index is 0. The summed E-state index contributed by atoms with van der Waals surface area (Å²) in [4.78, 5) is 0. The molecule has 0 heterocycles. The Morgan fingerprint density at radius 1 is 0.0465 bits per heavy atom. The van der Waals surface area contributed by atoms with Gasteiger partial charge >= 0.3 is 978 Å². The Bertz CT molecular complexity index is 42.8. The van der Waals surface area contributed by atoms with Crippen molar-refractivity contribution >= 4 is 978 Å². The standard InChI is InChI=1S/20Ba.23O/q20*+2;23*-2. The van der Waals surface area contributed by atoms with E-state index < -0.39 is 0 Å². The zero-order valence-electron chi connectivity index (χ0n) is 23.5. The summed E-state index contributed by atoms with van der Waals surface area (Å²) in [5.41, 5.74) is 0. The van der Waals surface area contributed by atoms with Crippen LogP contribution in [0.2, 0.25) is 0 Å². The Labute approximate surface area is 1060 Å². The fourth-order valence-electron chi connectivity index (χ4n) is 0. The second-order valence-electron chi connectivity index (χ2n) is 0. The molecule has 0 aliphatic rings. The summed E-state index contributed by atoms with van der Waals surface area (Å²) in [5.74, 6) is 0. The van der Waals surface area contributed by atoms with Gasteiger partial charge in [-0.25, -0.2) is 0 Å².